The highest BCUT2D eigenvalue weighted by molar-refractivity contribution is 7.59. The highest BCUT2D eigenvalue weighted by Crippen LogP contribution is 2.13. The van der Waals surface area contributed by atoms with Crippen molar-refractivity contribution in [1.29, 1.82) is 0 Å². The number of rotatable bonds is 15. The second-order valence-electron chi connectivity index (χ2n) is 5.67. The van der Waals surface area contributed by atoms with Gasteiger partial charge >= 0.3 is 0 Å². The van der Waals surface area contributed by atoms with Gasteiger partial charge in [-0.3, -0.25) is 0 Å². The van der Waals surface area contributed by atoms with Gasteiger partial charge in [-0.25, -0.2) is 0 Å². The molecule has 0 aromatic rings. The van der Waals surface area contributed by atoms with Gasteiger partial charge in [0.25, 0.3) is 0 Å². The molecule has 0 aliphatic carbocycles. The van der Waals surface area contributed by atoms with Crippen LogP contribution in [0.3, 0.4) is 0 Å². The van der Waals surface area contributed by atoms with E-state index in [9.17, 15) is 0 Å². The van der Waals surface area contributed by atoms with Crippen LogP contribution in [0.5, 0.6) is 0 Å². The molecule has 0 aromatic heterocycles. The molecule has 0 rings (SSSR count). The molecule has 114 valence electrons. The predicted octanol–water partition coefficient (Wildman–Crippen LogP) is 7.69. The minimum atomic E-state index is 0. The highest BCUT2D eigenvalue weighted by Gasteiger charge is 1.93. The fourth-order valence-corrected chi connectivity index (χ4v) is 2.48. The van der Waals surface area contributed by atoms with E-state index >= 15 is 0 Å². The molecule has 0 spiro atoms. The zero-order valence-electron chi connectivity index (χ0n) is 13.3. The molecule has 1 heteroatoms. The molecule has 0 nitrogen and oxygen atoms in total. The molecule has 19 heavy (non-hydrogen) atoms. The maximum absolute atomic E-state index is 3.76. The van der Waals surface area contributed by atoms with E-state index in [-0.39, 0.29) is 13.5 Å². The van der Waals surface area contributed by atoms with Crippen LogP contribution in [0.25, 0.3) is 0 Å². The van der Waals surface area contributed by atoms with Crippen molar-refractivity contribution < 1.29 is 0 Å². The predicted molar refractivity (Wildman–Crippen MR) is 92.7 cm³/mol. The summed E-state index contributed by atoms with van der Waals surface area (Å²) in [6.45, 7) is 6.05. The molecule has 0 aliphatic heterocycles. The summed E-state index contributed by atoms with van der Waals surface area (Å²) in [5.41, 5.74) is 0. The Morgan fingerprint density at radius 3 is 1.21 bits per heavy atom. The molecule has 0 bridgehead atoms. The van der Waals surface area contributed by atoms with Gasteiger partial charge in [0.1, 0.15) is 0 Å². The topological polar surface area (TPSA) is 0 Å². The first-order chi connectivity index (χ1) is 8.91. The Balaban J connectivity index is 0. The molecule has 0 unspecified atom stereocenters. The smallest absolute Gasteiger partial charge is 0 e. The van der Waals surface area contributed by atoms with Crippen LogP contribution in [0.4, 0.5) is 0 Å². The number of allylic oxidation sites excluding steroid dienone is 1. The Hall–Kier alpha value is 0.0900. The molecule has 0 N–H and O–H groups in total. The van der Waals surface area contributed by atoms with E-state index in [1.165, 1.54) is 96.3 Å². The standard InChI is InChI=1S/C18H36.S/c1-3-5-7-9-11-13-15-17-18-16-14-12-10-8-6-4-2;/h3H,1,4-18H2,2H3;. The van der Waals surface area contributed by atoms with Gasteiger partial charge in [-0.1, -0.05) is 96.5 Å². The summed E-state index contributed by atoms with van der Waals surface area (Å²) in [4.78, 5) is 0. The SMILES string of the molecule is C=CCCCCCCCCCCCCCCCC.[S]. The second kappa shape index (κ2) is 20.4. The molecule has 0 atom stereocenters. The van der Waals surface area contributed by atoms with Gasteiger partial charge in [-0.2, -0.15) is 0 Å². The van der Waals surface area contributed by atoms with Crippen molar-refractivity contribution in [2.75, 3.05) is 0 Å². The van der Waals surface area contributed by atoms with Crippen LogP contribution in [-0.4, -0.2) is 0 Å². The summed E-state index contributed by atoms with van der Waals surface area (Å²) in [5, 5.41) is 0. The van der Waals surface area contributed by atoms with Crippen molar-refractivity contribution in [1.82, 2.24) is 0 Å². The normalized spacial score (nSPS) is 10.2. The van der Waals surface area contributed by atoms with Crippen molar-refractivity contribution in [3.63, 3.8) is 0 Å². The molecule has 0 aromatic carbocycles. The van der Waals surface area contributed by atoms with E-state index in [2.05, 4.69) is 13.5 Å². The second-order valence-corrected chi connectivity index (χ2v) is 5.67. The van der Waals surface area contributed by atoms with Crippen LogP contribution in [0.1, 0.15) is 103 Å². The molecular weight excluding hydrogens is 248 g/mol. The lowest BCUT2D eigenvalue weighted by molar-refractivity contribution is 0.536. The van der Waals surface area contributed by atoms with Gasteiger partial charge in [0.05, 0.1) is 0 Å². The zero-order valence-corrected chi connectivity index (χ0v) is 14.1. The first kappa shape index (κ1) is 21.4. The lowest BCUT2D eigenvalue weighted by Crippen LogP contribution is -1.83. The van der Waals surface area contributed by atoms with Crippen LogP contribution >= 0.6 is 13.5 Å². The summed E-state index contributed by atoms with van der Waals surface area (Å²) in [5.74, 6) is 0. The lowest BCUT2D eigenvalue weighted by Gasteiger charge is -2.02. The van der Waals surface area contributed by atoms with Gasteiger partial charge in [0.15, 0.2) is 0 Å². The lowest BCUT2D eigenvalue weighted by atomic mass is 10.0. The van der Waals surface area contributed by atoms with Crippen molar-refractivity contribution in [3.8, 4) is 0 Å². The number of unbranched alkanes of at least 4 members (excludes halogenated alkanes) is 14. The maximum Gasteiger partial charge on any atom is 0 e. The van der Waals surface area contributed by atoms with E-state index in [0.717, 1.165) is 0 Å². The highest BCUT2D eigenvalue weighted by atomic mass is 32.1. The minimum absolute atomic E-state index is 0. The third-order valence-electron chi connectivity index (χ3n) is 3.76. The molecule has 2 radical (unpaired) electrons. The summed E-state index contributed by atoms with van der Waals surface area (Å²) in [7, 11) is 0. The van der Waals surface area contributed by atoms with Crippen LogP contribution in [0, 0.1) is 0 Å². The molecule has 0 fully saturated rings. The Labute approximate surface area is 129 Å². The average molecular weight is 285 g/mol. The zero-order chi connectivity index (χ0) is 13.3. The van der Waals surface area contributed by atoms with Crippen molar-refractivity contribution in [3.05, 3.63) is 12.7 Å². The first-order valence-electron chi connectivity index (χ1n) is 8.52. The summed E-state index contributed by atoms with van der Waals surface area (Å²) < 4.78 is 0. The Morgan fingerprint density at radius 1 is 0.579 bits per heavy atom. The first-order valence-corrected chi connectivity index (χ1v) is 8.52. The molecule has 0 aliphatic rings. The van der Waals surface area contributed by atoms with E-state index in [0.29, 0.717) is 0 Å². The van der Waals surface area contributed by atoms with Gasteiger partial charge in [-0.05, 0) is 12.8 Å². The fraction of sp³-hybridized carbons (Fsp3) is 0.889. The third kappa shape index (κ3) is 20.6. The van der Waals surface area contributed by atoms with Crippen molar-refractivity contribution in [2.45, 2.75) is 103 Å². The summed E-state index contributed by atoms with van der Waals surface area (Å²) >= 11 is 0. The number of hydrogen-bond acceptors (Lipinski definition) is 0. The number of hydrogen-bond donors (Lipinski definition) is 0. The van der Waals surface area contributed by atoms with E-state index < -0.39 is 0 Å². The van der Waals surface area contributed by atoms with E-state index in [1.807, 2.05) is 6.08 Å². The van der Waals surface area contributed by atoms with Gasteiger partial charge in [0, 0.05) is 13.5 Å². The molecule has 0 saturated carbocycles. The van der Waals surface area contributed by atoms with Crippen molar-refractivity contribution in [2.24, 2.45) is 0 Å². The average Bonchev–Trinajstić information content (AvgIpc) is 2.39. The Morgan fingerprint density at radius 2 is 0.895 bits per heavy atom. The van der Waals surface area contributed by atoms with Crippen LogP contribution in [0.15, 0.2) is 12.7 Å². The minimum Gasteiger partial charge on any atom is -0.103 e. The Bertz CT molecular complexity index is 154. The van der Waals surface area contributed by atoms with Crippen molar-refractivity contribution >= 4 is 13.5 Å². The van der Waals surface area contributed by atoms with E-state index in [4.69, 9.17) is 0 Å². The van der Waals surface area contributed by atoms with E-state index in [1.54, 1.807) is 0 Å². The molecular formula is C18H36S. The largest absolute Gasteiger partial charge is 0.103 e. The fourth-order valence-electron chi connectivity index (χ4n) is 2.48. The summed E-state index contributed by atoms with van der Waals surface area (Å²) in [6.07, 6.45) is 23.5. The third-order valence-corrected chi connectivity index (χ3v) is 3.76. The van der Waals surface area contributed by atoms with Gasteiger partial charge in [-0.15, -0.1) is 6.58 Å². The monoisotopic (exact) mass is 284 g/mol. The maximum atomic E-state index is 3.76. The van der Waals surface area contributed by atoms with Crippen LogP contribution in [0.2, 0.25) is 0 Å². The van der Waals surface area contributed by atoms with Crippen LogP contribution in [-0.2, 0) is 0 Å². The van der Waals surface area contributed by atoms with Crippen LogP contribution < -0.4 is 0 Å². The summed E-state index contributed by atoms with van der Waals surface area (Å²) in [6, 6.07) is 0. The Kier molecular flexibility index (Phi) is 23.0. The quantitative estimate of drug-likeness (QED) is 0.213. The van der Waals surface area contributed by atoms with Gasteiger partial charge < -0.3 is 0 Å². The van der Waals surface area contributed by atoms with Gasteiger partial charge in [0.2, 0.25) is 0 Å². The molecule has 0 heterocycles. The molecule has 0 amide bonds. The molecule has 0 saturated heterocycles.